The Kier molecular flexibility index (Phi) is 12.6. The Bertz CT molecular complexity index is 755. The maximum Gasteiger partial charge on any atom is 0.335 e. The SMILES string of the molecule is CCCCCCC(=O)NCCO[C@@H]1OC(C(=O)O)[C@@H](O)[C@H](O)C1O[C@@H]1OC(C)[C@@H](O)[C@H](O)C1NC(C)=O. The fraction of sp³-hybridized carbons (Fsp3) is 0.870. The molecule has 214 valence electrons. The quantitative estimate of drug-likeness (QED) is 0.127. The van der Waals surface area contributed by atoms with Crippen molar-refractivity contribution >= 4 is 17.8 Å². The number of carbonyl (C=O) groups is 3. The van der Waals surface area contributed by atoms with Crippen LogP contribution < -0.4 is 10.6 Å². The molecule has 37 heavy (non-hydrogen) atoms. The zero-order chi connectivity index (χ0) is 27.7. The topological polar surface area (TPSA) is 213 Å². The van der Waals surface area contributed by atoms with Crippen molar-refractivity contribution in [2.24, 2.45) is 0 Å². The molecule has 14 nitrogen and oxygen atoms in total. The number of hydrogen-bond acceptors (Lipinski definition) is 11. The van der Waals surface area contributed by atoms with Gasteiger partial charge in [0.2, 0.25) is 11.8 Å². The van der Waals surface area contributed by atoms with Crippen molar-refractivity contribution in [3.05, 3.63) is 0 Å². The van der Waals surface area contributed by atoms with E-state index in [0.29, 0.717) is 6.42 Å². The van der Waals surface area contributed by atoms with Crippen molar-refractivity contribution in [3.8, 4) is 0 Å². The summed E-state index contributed by atoms with van der Waals surface area (Å²) in [5.41, 5.74) is 0. The maximum absolute atomic E-state index is 12.0. The molecule has 7 N–H and O–H groups in total. The van der Waals surface area contributed by atoms with E-state index in [0.717, 1.165) is 25.7 Å². The number of nitrogens with one attached hydrogen (secondary N) is 2. The van der Waals surface area contributed by atoms with E-state index in [1.165, 1.54) is 13.8 Å². The van der Waals surface area contributed by atoms with Crippen LogP contribution >= 0.6 is 0 Å². The summed E-state index contributed by atoms with van der Waals surface area (Å²) in [6.07, 6.45) is -9.69. The minimum Gasteiger partial charge on any atom is -0.479 e. The number of aliphatic hydroxyl groups is 4. The fourth-order valence-corrected chi connectivity index (χ4v) is 4.17. The molecule has 2 rings (SSSR count). The molecule has 2 aliphatic rings. The van der Waals surface area contributed by atoms with Gasteiger partial charge < -0.3 is 55.1 Å². The molecule has 0 bridgehead atoms. The summed E-state index contributed by atoms with van der Waals surface area (Å²) in [7, 11) is 0. The second kappa shape index (κ2) is 14.9. The minimum atomic E-state index is -1.90. The zero-order valence-electron chi connectivity index (χ0n) is 21.3. The van der Waals surface area contributed by atoms with Gasteiger partial charge in [-0.25, -0.2) is 4.79 Å². The summed E-state index contributed by atoms with van der Waals surface area (Å²) in [6, 6.07) is -1.27. The average Bonchev–Trinajstić information content (AvgIpc) is 2.84. The Morgan fingerprint density at radius 1 is 0.919 bits per heavy atom. The number of carboxylic acids is 1. The number of aliphatic carboxylic acids is 1. The first kappa shape index (κ1) is 31.3. The van der Waals surface area contributed by atoms with Crippen LogP contribution in [-0.4, -0.2) is 118 Å². The lowest BCUT2D eigenvalue weighted by atomic mass is 9.96. The van der Waals surface area contributed by atoms with Gasteiger partial charge in [-0.05, 0) is 13.3 Å². The van der Waals surface area contributed by atoms with Crippen molar-refractivity contribution in [3.63, 3.8) is 0 Å². The lowest BCUT2D eigenvalue weighted by Crippen LogP contribution is -2.67. The monoisotopic (exact) mass is 536 g/mol. The largest absolute Gasteiger partial charge is 0.479 e. The molecule has 0 spiro atoms. The molecule has 2 heterocycles. The molecule has 0 saturated carbocycles. The number of amides is 2. The summed E-state index contributed by atoms with van der Waals surface area (Å²) in [5.74, 6) is -2.28. The van der Waals surface area contributed by atoms with Gasteiger partial charge in [0, 0.05) is 19.9 Å². The highest BCUT2D eigenvalue weighted by Crippen LogP contribution is 2.29. The lowest BCUT2D eigenvalue weighted by molar-refractivity contribution is -0.348. The normalized spacial score (nSPS) is 36.1. The van der Waals surface area contributed by atoms with Gasteiger partial charge in [0.15, 0.2) is 18.7 Å². The van der Waals surface area contributed by atoms with E-state index < -0.39 is 73.2 Å². The number of aliphatic hydroxyl groups excluding tert-OH is 4. The van der Waals surface area contributed by atoms with Crippen LogP contribution in [0.3, 0.4) is 0 Å². The van der Waals surface area contributed by atoms with Crippen LogP contribution in [0.1, 0.15) is 52.9 Å². The number of ether oxygens (including phenoxy) is 4. The van der Waals surface area contributed by atoms with Crippen molar-refractivity contribution in [2.45, 2.75) is 114 Å². The number of carboxylic acid groups (broad SMARTS) is 1. The van der Waals surface area contributed by atoms with E-state index in [-0.39, 0.29) is 19.1 Å². The molecule has 14 heteroatoms. The standard InChI is InChI=1S/C23H40N2O12/c1-4-5-6-7-8-13(27)24-9-10-34-23-20(18(31)17(30)19(36-23)21(32)33)37-22-14(25-12(3)26)16(29)15(28)11(2)35-22/h11,14-20,22-23,28-31H,4-10H2,1-3H3,(H,24,27)(H,25,26)(H,32,33)/t11?,14?,15-,16-,17+,18+,19?,20?,22+,23-/m1/s1. The molecule has 0 radical (unpaired) electrons. The highest BCUT2D eigenvalue weighted by atomic mass is 16.7. The van der Waals surface area contributed by atoms with Gasteiger partial charge in [0.25, 0.3) is 0 Å². The molecule has 4 unspecified atom stereocenters. The number of unbranched alkanes of at least 4 members (excludes halogenated alkanes) is 3. The molecular weight excluding hydrogens is 496 g/mol. The van der Waals surface area contributed by atoms with Crippen LogP contribution in [0.15, 0.2) is 0 Å². The predicted molar refractivity (Wildman–Crippen MR) is 125 cm³/mol. The van der Waals surface area contributed by atoms with Gasteiger partial charge in [-0.1, -0.05) is 26.2 Å². The molecular formula is C23H40N2O12. The summed E-state index contributed by atoms with van der Waals surface area (Å²) >= 11 is 0. The third kappa shape index (κ3) is 8.82. The molecule has 2 aliphatic heterocycles. The third-order valence-corrected chi connectivity index (χ3v) is 6.25. The second-order valence-corrected chi connectivity index (χ2v) is 9.29. The minimum absolute atomic E-state index is 0.0615. The van der Waals surface area contributed by atoms with E-state index in [1.807, 2.05) is 0 Å². The zero-order valence-corrected chi connectivity index (χ0v) is 21.3. The highest BCUT2D eigenvalue weighted by Gasteiger charge is 2.52. The van der Waals surface area contributed by atoms with E-state index in [1.54, 1.807) is 0 Å². The summed E-state index contributed by atoms with van der Waals surface area (Å²) < 4.78 is 22.3. The molecule has 2 fully saturated rings. The van der Waals surface area contributed by atoms with Gasteiger partial charge >= 0.3 is 5.97 Å². The fourth-order valence-electron chi connectivity index (χ4n) is 4.17. The van der Waals surface area contributed by atoms with E-state index in [4.69, 9.17) is 18.9 Å². The number of hydrogen-bond donors (Lipinski definition) is 7. The molecule has 0 aromatic rings. The van der Waals surface area contributed by atoms with Gasteiger partial charge in [0.05, 0.1) is 12.7 Å². The van der Waals surface area contributed by atoms with Gasteiger partial charge in [-0.15, -0.1) is 0 Å². The summed E-state index contributed by atoms with van der Waals surface area (Å²) in [6.45, 7) is 4.62. The smallest absolute Gasteiger partial charge is 0.335 e. The van der Waals surface area contributed by atoms with E-state index in [9.17, 15) is 39.9 Å². The van der Waals surface area contributed by atoms with Gasteiger partial charge in [-0.2, -0.15) is 0 Å². The van der Waals surface area contributed by atoms with Crippen LogP contribution in [0.25, 0.3) is 0 Å². The molecule has 0 aliphatic carbocycles. The van der Waals surface area contributed by atoms with Crippen LogP contribution in [0, 0.1) is 0 Å². The van der Waals surface area contributed by atoms with Crippen LogP contribution in [0.4, 0.5) is 0 Å². The first-order chi connectivity index (χ1) is 17.5. The van der Waals surface area contributed by atoms with Crippen LogP contribution in [0.5, 0.6) is 0 Å². The maximum atomic E-state index is 12.0. The van der Waals surface area contributed by atoms with Gasteiger partial charge in [0.1, 0.15) is 36.6 Å². The van der Waals surface area contributed by atoms with Crippen LogP contribution in [-0.2, 0) is 33.3 Å². The number of carbonyl (C=O) groups excluding carboxylic acids is 2. The van der Waals surface area contributed by atoms with Crippen molar-refractivity contribution in [2.75, 3.05) is 13.2 Å². The van der Waals surface area contributed by atoms with Crippen LogP contribution in [0.2, 0.25) is 0 Å². The highest BCUT2D eigenvalue weighted by molar-refractivity contribution is 5.75. The third-order valence-electron chi connectivity index (χ3n) is 6.25. The lowest BCUT2D eigenvalue weighted by Gasteiger charge is -2.46. The summed E-state index contributed by atoms with van der Waals surface area (Å²) in [5, 5.41) is 56.0. The Balaban J connectivity index is 2.08. The van der Waals surface area contributed by atoms with Crippen molar-refractivity contribution < 1.29 is 58.9 Å². The molecule has 0 aromatic carbocycles. The molecule has 0 aromatic heterocycles. The molecule has 10 atom stereocenters. The second-order valence-electron chi connectivity index (χ2n) is 9.29. The van der Waals surface area contributed by atoms with Crippen molar-refractivity contribution in [1.82, 2.24) is 10.6 Å². The average molecular weight is 537 g/mol. The molecule has 2 amide bonds. The molecule has 2 saturated heterocycles. The Morgan fingerprint density at radius 3 is 2.24 bits per heavy atom. The Labute approximate surface area is 215 Å². The van der Waals surface area contributed by atoms with E-state index >= 15 is 0 Å². The van der Waals surface area contributed by atoms with Crippen molar-refractivity contribution in [1.29, 1.82) is 0 Å². The summed E-state index contributed by atoms with van der Waals surface area (Å²) in [4.78, 5) is 35.2. The van der Waals surface area contributed by atoms with Gasteiger partial charge in [-0.3, -0.25) is 9.59 Å². The first-order valence-corrected chi connectivity index (χ1v) is 12.5. The Hall–Kier alpha value is -1.91. The van der Waals surface area contributed by atoms with E-state index in [2.05, 4.69) is 17.6 Å². The number of rotatable bonds is 13. The Morgan fingerprint density at radius 2 is 1.62 bits per heavy atom. The predicted octanol–water partition coefficient (Wildman–Crippen LogP) is -2.02. The first-order valence-electron chi connectivity index (χ1n) is 12.5.